The topological polar surface area (TPSA) is 117 Å². The zero-order valence-electron chi connectivity index (χ0n) is 18.8. The summed E-state index contributed by atoms with van der Waals surface area (Å²) < 4.78 is 0. The van der Waals surface area contributed by atoms with E-state index >= 15 is 0 Å². The van der Waals surface area contributed by atoms with Gasteiger partial charge in [-0.25, -0.2) is 4.79 Å². The SMILES string of the molecule is Cc1cc(C2=C(c3cccc(C#N)c3)NC(C)(NC(=O)N3CCN[C@@H](C#N)C3)S2)cc(C)n1. The van der Waals surface area contributed by atoms with Gasteiger partial charge in [-0.15, -0.1) is 0 Å². The Morgan fingerprint density at radius 1 is 1.24 bits per heavy atom. The first-order chi connectivity index (χ1) is 15.8. The highest BCUT2D eigenvalue weighted by Gasteiger charge is 2.39. The summed E-state index contributed by atoms with van der Waals surface area (Å²) in [5, 5.41) is 28.3. The maximum absolute atomic E-state index is 13.1. The van der Waals surface area contributed by atoms with Crippen LogP contribution in [0, 0.1) is 36.5 Å². The summed E-state index contributed by atoms with van der Waals surface area (Å²) in [6.07, 6.45) is 0. The summed E-state index contributed by atoms with van der Waals surface area (Å²) in [6, 6.07) is 15.2. The molecule has 0 spiro atoms. The molecule has 1 aromatic heterocycles. The largest absolute Gasteiger partial charge is 0.353 e. The summed E-state index contributed by atoms with van der Waals surface area (Å²) in [6.45, 7) is 7.28. The number of benzene rings is 1. The van der Waals surface area contributed by atoms with Gasteiger partial charge in [0.05, 0.1) is 29.9 Å². The predicted octanol–water partition coefficient (Wildman–Crippen LogP) is 2.91. The minimum Gasteiger partial charge on any atom is -0.353 e. The van der Waals surface area contributed by atoms with Gasteiger partial charge in [0, 0.05) is 34.9 Å². The normalized spacial score (nSPS) is 22.3. The summed E-state index contributed by atoms with van der Waals surface area (Å²) in [5.41, 5.74) is 5.09. The van der Waals surface area contributed by atoms with Crippen LogP contribution >= 0.6 is 11.8 Å². The smallest absolute Gasteiger partial charge is 0.320 e. The van der Waals surface area contributed by atoms with Crippen LogP contribution in [0.3, 0.4) is 0 Å². The quantitative estimate of drug-likeness (QED) is 0.646. The van der Waals surface area contributed by atoms with E-state index in [1.54, 1.807) is 11.0 Å². The molecule has 0 saturated carbocycles. The van der Waals surface area contributed by atoms with Gasteiger partial charge in [-0.3, -0.25) is 10.3 Å². The molecule has 1 unspecified atom stereocenters. The van der Waals surface area contributed by atoms with Gasteiger partial charge in [0.1, 0.15) is 6.04 Å². The highest BCUT2D eigenvalue weighted by atomic mass is 32.2. The Hall–Kier alpha value is -3.53. The van der Waals surface area contributed by atoms with Gasteiger partial charge in [-0.05, 0) is 50.6 Å². The van der Waals surface area contributed by atoms with E-state index in [0.29, 0.717) is 25.2 Å². The maximum Gasteiger partial charge on any atom is 0.320 e. The molecular formula is C24H25N7OS. The van der Waals surface area contributed by atoms with Crippen LogP contribution in [0.1, 0.15) is 35.0 Å². The molecule has 0 bridgehead atoms. The van der Waals surface area contributed by atoms with Gasteiger partial charge in [0.15, 0.2) is 4.99 Å². The molecule has 3 N–H and O–H groups in total. The lowest BCUT2D eigenvalue weighted by Crippen LogP contribution is -2.60. The number of aryl methyl sites for hydroxylation is 2. The number of amides is 2. The van der Waals surface area contributed by atoms with Crippen molar-refractivity contribution < 1.29 is 4.79 Å². The molecule has 3 heterocycles. The number of nitrogens with one attached hydrogen (secondary N) is 3. The van der Waals surface area contributed by atoms with Crippen LogP contribution in [0.5, 0.6) is 0 Å². The van der Waals surface area contributed by atoms with Crippen LogP contribution in [-0.4, -0.2) is 46.6 Å². The molecular weight excluding hydrogens is 434 g/mol. The van der Waals surface area contributed by atoms with Crippen LogP contribution < -0.4 is 16.0 Å². The Balaban J connectivity index is 1.66. The molecule has 1 saturated heterocycles. The lowest BCUT2D eigenvalue weighted by molar-refractivity contribution is 0.178. The number of piperazine rings is 1. The minimum atomic E-state index is -0.817. The van der Waals surface area contributed by atoms with Crippen LogP contribution in [0.25, 0.3) is 10.6 Å². The fourth-order valence-electron chi connectivity index (χ4n) is 4.05. The molecule has 2 aliphatic rings. The zero-order chi connectivity index (χ0) is 23.6. The Kier molecular flexibility index (Phi) is 6.28. The first kappa shape index (κ1) is 22.7. The number of carbonyl (C=O) groups is 1. The van der Waals surface area contributed by atoms with Crippen LogP contribution in [-0.2, 0) is 0 Å². The van der Waals surface area contributed by atoms with Gasteiger partial charge >= 0.3 is 6.03 Å². The number of nitrogens with zero attached hydrogens (tertiary/aromatic N) is 4. The molecule has 8 nitrogen and oxygen atoms in total. The van der Waals surface area contributed by atoms with E-state index in [-0.39, 0.29) is 12.1 Å². The third kappa shape index (κ3) is 4.95. The number of hydrogen-bond donors (Lipinski definition) is 3. The van der Waals surface area contributed by atoms with E-state index in [0.717, 1.165) is 33.1 Å². The lowest BCUT2D eigenvalue weighted by atomic mass is 10.1. The highest BCUT2D eigenvalue weighted by molar-refractivity contribution is 8.10. The van der Waals surface area contributed by atoms with E-state index in [4.69, 9.17) is 0 Å². The van der Waals surface area contributed by atoms with Crippen molar-refractivity contribution in [2.45, 2.75) is 31.8 Å². The fourth-order valence-corrected chi connectivity index (χ4v) is 5.26. The van der Waals surface area contributed by atoms with Gasteiger partial charge in [-0.2, -0.15) is 10.5 Å². The number of thioether (sulfide) groups is 1. The molecule has 2 atom stereocenters. The molecule has 0 aliphatic carbocycles. The van der Waals surface area contributed by atoms with Gasteiger partial charge in [0.25, 0.3) is 0 Å². The Morgan fingerprint density at radius 3 is 2.70 bits per heavy atom. The second-order valence-electron chi connectivity index (χ2n) is 8.31. The second kappa shape index (κ2) is 9.14. The van der Waals surface area contributed by atoms with Crippen molar-refractivity contribution in [2.24, 2.45) is 0 Å². The third-order valence-electron chi connectivity index (χ3n) is 5.48. The molecule has 0 radical (unpaired) electrons. The Morgan fingerprint density at radius 2 is 2.00 bits per heavy atom. The lowest BCUT2D eigenvalue weighted by Gasteiger charge is -2.34. The monoisotopic (exact) mass is 459 g/mol. The van der Waals surface area contributed by atoms with Crippen molar-refractivity contribution in [3.8, 4) is 12.1 Å². The van der Waals surface area contributed by atoms with Gasteiger partial charge in [0.2, 0.25) is 0 Å². The third-order valence-corrected chi connectivity index (χ3v) is 6.74. The number of urea groups is 1. The standard InChI is InChI=1S/C24H25N7OS/c1-15-9-19(10-16(2)28-15)22-21(18-6-4-5-17(11-18)12-25)29-24(3,33-22)30-23(32)31-8-7-27-20(13-26)14-31/h4-6,9-11,20,27,29H,7-8,14H2,1-3H3,(H,30,32)/t20-,24?/m0/s1. The number of aromatic nitrogens is 1. The van der Waals surface area contributed by atoms with Crippen molar-refractivity contribution in [3.63, 3.8) is 0 Å². The van der Waals surface area contributed by atoms with Crippen LogP contribution in [0.15, 0.2) is 36.4 Å². The van der Waals surface area contributed by atoms with Gasteiger partial charge < -0.3 is 15.5 Å². The summed E-state index contributed by atoms with van der Waals surface area (Å²) in [7, 11) is 0. The molecule has 4 rings (SSSR count). The summed E-state index contributed by atoms with van der Waals surface area (Å²) in [4.78, 5) is 19.4. The predicted molar refractivity (Wildman–Crippen MR) is 128 cm³/mol. The molecule has 2 aliphatic heterocycles. The molecule has 2 amide bonds. The van der Waals surface area contributed by atoms with E-state index in [1.807, 2.05) is 51.1 Å². The van der Waals surface area contributed by atoms with Crippen LogP contribution in [0.4, 0.5) is 4.79 Å². The zero-order valence-corrected chi connectivity index (χ0v) is 19.6. The molecule has 1 aromatic carbocycles. The van der Waals surface area contributed by atoms with Crippen molar-refractivity contribution in [1.82, 2.24) is 25.8 Å². The van der Waals surface area contributed by atoms with Gasteiger partial charge in [-0.1, -0.05) is 23.9 Å². The van der Waals surface area contributed by atoms with E-state index in [2.05, 4.69) is 33.1 Å². The fraction of sp³-hybridized carbons (Fsp3) is 0.333. The number of nitriles is 2. The van der Waals surface area contributed by atoms with Crippen molar-refractivity contribution >= 4 is 28.4 Å². The Labute approximate surface area is 197 Å². The van der Waals surface area contributed by atoms with Crippen molar-refractivity contribution in [2.75, 3.05) is 19.6 Å². The van der Waals surface area contributed by atoms with Crippen LogP contribution in [0.2, 0.25) is 0 Å². The molecule has 2 aromatic rings. The molecule has 1 fully saturated rings. The summed E-state index contributed by atoms with van der Waals surface area (Å²) >= 11 is 1.52. The number of rotatable bonds is 3. The Bertz CT molecular complexity index is 1190. The van der Waals surface area contributed by atoms with E-state index < -0.39 is 4.99 Å². The highest BCUT2D eigenvalue weighted by Crippen LogP contribution is 2.46. The number of carbonyl (C=O) groups excluding carboxylic acids is 1. The van der Waals surface area contributed by atoms with Crippen molar-refractivity contribution in [3.05, 3.63) is 64.5 Å². The molecule has 33 heavy (non-hydrogen) atoms. The van der Waals surface area contributed by atoms with E-state index in [9.17, 15) is 15.3 Å². The van der Waals surface area contributed by atoms with E-state index in [1.165, 1.54) is 11.8 Å². The maximum atomic E-state index is 13.1. The second-order valence-corrected chi connectivity index (χ2v) is 9.74. The molecule has 9 heteroatoms. The molecule has 168 valence electrons. The van der Waals surface area contributed by atoms with Crippen molar-refractivity contribution in [1.29, 1.82) is 10.5 Å². The first-order valence-corrected chi connectivity index (χ1v) is 11.5. The average molecular weight is 460 g/mol. The minimum absolute atomic E-state index is 0.229. The number of hydrogen-bond acceptors (Lipinski definition) is 7. The summed E-state index contributed by atoms with van der Waals surface area (Å²) in [5.74, 6) is 0. The number of pyridine rings is 1. The average Bonchev–Trinajstić information content (AvgIpc) is 3.16. The first-order valence-electron chi connectivity index (χ1n) is 10.7.